The van der Waals surface area contributed by atoms with E-state index in [0.717, 1.165) is 17.5 Å². The molecule has 102 valence electrons. The first-order valence-corrected chi connectivity index (χ1v) is 7.49. The van der Waals surface area contributed by atoms with Gasteiger partial charge in [0.1, 0.15) is 0 Å². The van der Waals surface area contributed by atoms with E-state index in [4.69, 9.17) is 0 Å². The summed E-state index contributed by atoms with van der Waals surface area (Å²) in [5, 5.41) is 3.06. The molecule has 0 saturated heterocycles. The van der Waals surface area contributed by atoms with Crippen LogP contribution in [0, 0.1) is 31.6 Å². The van der Waals surface area contributed by atoms with Crippen LogP contribution in [0.25, 0.3) is 0 Å². The molecule has 2 nitrogen and oxygen atoms in total. The second-order valence-electron chi connectivity index (χ2n) is 6.49. The van der Waals surface area contributed by atoms with Crippen LogP contribution in [0.1, 0.15) is 43.2 Å². The first kappa shape index (κ1) is 12.7. The molecule has 0 aromatic heterocycles. The lowest BCUT2D eigenvalue weighted by atomic mass is 9.86. The molecule has 1 aromatic carbocycles. The van der Waals surface area contributed by atoms with Crippen molar-refractivity contribution in [3.05, 3.63) is 29.3 Å². The van der Waals surface area contributed by atoms with Crippen molar-refractivity contribution in [2.45, 2.75) is 46.0 Å². The van der Waals surface area contributed by atoms with Gasteiger partial charge in [0.15, 0.2) is 0 Å². The Morgan fingerprint density at radius 3 is 2.68 bits per heavy atom. The summed E-state index contributed by atoms with van der Waals surface area (Å²) in [5.41, 5.74) is 3.44. The summed E-state index contributed by atoms with van der Waals surface area (Å²) in [4.78, 5) is 12.1. The average Bonchev–Trinajstić information content (AvgIpc) is 2.96. The third-order valence-electron chi connectivity index (χ3n) is 5.12. The third kappa shape index (κ3) is 2.68. The Morgan fingerprint density at radius 2 is 2.05 bits per heavy atom. The maximum absolute atomic E-state index is 12.1. The molecule has 0 unspecified atom stereocenters. The van der Waals surface area contributed by atoms with Crippen molar-refractivity contribution in [2.24, 2.45) is 17.8 Å². The average molecular weight is 257 g/mol. The van der Waals surface area contributed by atoms with Crippen LogP contribution in [0.2, 0.25) is 0 Å². The van der Waals surface area contributed by atoms with Crippen molar-refractivity contribution in [3.8, 4) is 0 Å². The number of amides is 1. The molecule has 2 fully saturated rings. The van der Waals surface area contributed by atoms with E-state index in [0.29, 0.717) is 12.3 Å². The van der Waals surface area contributed by atoms with Gasteiger partial charge >= 0.3 is 0 Å². The van der Waals surface area contributed by atoms with Crippen LogP contribution >= 0.6 is 0 Å². The van der Waals surface area contributed by atoms with Crippen LogP contribution in [-0.2, 0) is 4.79 Å². The topological polar surface area (TPSA) is 29.1 Å². The molecule has 1 amide bonds. The maximum Gasteiger partial charge on any atom is 0.224 e. The Bertz CT molecular complexity index is 494. The van der Waals surface area contributed by atoms with Crippen molar-refractivity contribution >= 4 is 11.6 Å². The van der Waals surface area contributed by atoms with Gasteiger partial charge in [-0.25, -0.2) is 0 Å². The smallest absolute Gasteiger partial charge is 0.224 e. The second-order valence-corrected chi connectivity index (χ2v) is 6.49. The number of rotatable bonds is 3. The highest BCUT2D eigenvalue weighted by molar-refractivity contribution is 5.91. The Kier molecular flexibility index (Phi) is 3.34. The van der Waals surface area contributed by atoms with Crippen LogP contribution in [0.5, 0.6) is 0 Å². The molecule has 3 rings (SSSR count). The summed E-state index contributed by atoms with van der Waals surface area (Å²) in [7, 11) is 0. The Hall–Kier alpha value is -1.31. The largest absolute Gasteiger partial charge is 0.326 e. The minimum atomic E-state index is 0.195. The summed E-state index contributed by atoms with van der Waals surface area (Å²) < 4.78 is 0. The summed E-state index contributed by atoms with van der Waals surface area (Å²) in [6.45, 7) is 4.18. The molecule has 3 atom stereocenters. The van der Waals surface area contributed by atoms with E-state index in [1.54, 1.807) is 0 Å². The quantitative estimate of drug-likeness (QED) is 0.869. The summed E-state index contributed by atoms with van der Waals surface area (Å²) in [5.74, 6) is 2.59. The van der Waals surface area contributed by atoms with Crippen molar-refractivity contribution in [1.29, 1.82) is 0 Å². The van der Waals surface area contributed by atoms with Gasteiger partial charge in [-0.1, -0.05) is 12.5 Å². The fraction of sp³-hybridized carbons (Fsp3) is 0.588. The molecule has 0 spiro atoms. The van der Waals surface area contributed by atoms with Crippen LogP contribution in [0.3, 0.4) is 0 Å². The molecule has 0 aliphatic heterocycles. The van der Waals surface area contributed by atoms with Gasteiger partial charge in [-0.2, -0.15) is 0 Å². The van der Waals surface area contributed by atoms with Crippen LogP contribution in [0.4, 0.5) is 5.69 Å². The van der Waals surface area contributed by atoms with Gasteiger partial charge in [-0.15, -0.1) is 0 Å². The Morgan fingerprint density at radius 1 is 1.21 bits per heavy atom. The lowest BCUT2D eigenvalue weighted by molar-refractivity contribution is -0.117. The molecule has 1 N–H and O–H groups in total. The number of hydrogen-bond donors (Lipinski definition) is 1. The normalized spacial score (nSPS) is 28.6. The predicted octanol–water partition coefficient (Wildman–Crippen LogP) is 4.07. The lowest BCUT2D eigenvalue weighted by Crippen LogP contribution is -2.20. The molecule has 2 heteroatoms. The molecular formula is C17H23NO. The maximum atomic E-state index is 12.1. The number of hydrogen-bond acceptors (Lipinski definition) is 1. The summed E-state index contributed by atoms with van der Waals surface area (Å²) in [6, 6.07) is 6.14. The zero-order chi connectivity index (χ0) is 13.4. The zero-order valence-corrected chi connectivity index (χ0v) is 11.9. The van der Waals surface area contributed by atoms with Gasteiger partial charge in [0, 0.05) is 12.1 Å². The summed E-state index contributed by atoms with van der Waals surface area (Å²) in [6.07, 6.45) is 6.13. The number of carbonyl (C=O) groups is 1. The number of fused-ring (bicyclic) bond motifs is 2. The Balaban J connectivity index is 1.57. The highest BCUT2D eigenvalue weighted by Crippen LogP contribution is 2.49. The molecule has 2 bridgehead atoms. The SMILES string of the molecule is Cc1ccc(NC(=O)C[C@H]2C[C@H]3CC[C@@H]2C3)cc1C. The second kappa shape index (κ2) is 4.99. The van der Waals surface area contributed by atoms with E-state index in [1.165, 1.54) is 36.8 Å². The number of nitrogens with one attached hydrogen (secondary N) is 1. The summed E-state index contributed by atoms with van der Waals surface area (Å²) >= 11 is 0. The molecule has 1 aromatic rings. The van der Waals surface area contributed by atoms with Crippen molar-refractivity contribution in [1.82, 2.24) is 0 Å². The zero-order valence-electron chi connectivity index (χ0n) is 11.9. The van der Waals surface area contributed by atoms with Gasteiger partial charge in [0.05, 0.1) is 0 Å². The molecule has 2 aliphatic carbocycles. The number of carbonyl (C=O) groups excluding carboxylic acids is 1. The lowest BCUT2D eigenvalue weighted by Gasteiger charge is -2.21. The molecular weight excluding hydrogens is 234 g/mol. The minimum Gasteiger partial charge on any atom is -0.326 e. The fourth-order valence-electron chi connectivity index (χ4n) is 3.90. The van der Waals surface area contributed by atoms with Crippen LogP contribution in [-0.4, -0.2) is 5.91 Å². The standard InChI is InChI=1S/C17H23NO/c1-11-3-6-16(7-12(11)2)18-17(19)10-15-9-13-4-5-14(15)8-13/h3,6-7,13-15H,4-5,8-10H2,1-2H3,(H,18,19)/t13-,14+,15+/m0/s1. The van der Waals surface area contributed by atoms with Gasteiger partial charge in [-0.05, 0) is 74.1 Å². The number of anilines is 1. The number of benzene rings is 1. The van der Waals surface area contributed by atoms with Gasteiger partial charge in [0.25, 0.3) is 0 Å². The Labute approximate surface area is 115 Å². The predicted molar refractivity (Wildman–Crippen MR) is 78.1 cm³/mol. The van der Waals surface area contributed by atoms with E-state index < -0.39 is 0 Å². The monoisotopic (exact) mass is 257 g/mol. The van der Waals surface area contributed by atoms with Gasteiger partial charge < -0.3 is 5.32 Å². The van der Waals surface area contributed by atoms with E-state index in [-0.39, 0.29) is 5.91 Å². The highest BCUT2D eigenvalue weighted by atomic mass is 16.1. The highest BCUT2D eigenvalue weighted by Gasteiger charge is 2.40. The fourth-order valence-corrected chi connectivity index (χ4v) is 3.90. The number of aryl methyl sites for hydroxylation is 2. The van der Waals surface area contributed by atoms with Gasteiger partial charge in [-0.3, -0.25) is 4.79 Å². The first-order valence-electron chi connectivity index (χ1n) is 7.49. The van der Waals surface area contributed by atoms with Crippen molar-refractivity contribution in [3.63, 3.8) is 0 Å². The molecule has 2 saturated carbocycles. The van der Waals surface area contributed by atoms with Crippen LogP contribution < -0.4 is 5.32 Å². The van der Waals surface area contributed by atoms with E-state index in [2.05, 4.69) is 31.3 Å². The van der Waals surface area contributed by atoms with E-state index in [1.807, 2.05) is 6.07 Å². The third-order valence-corrected chi connectivity index (χ3v) is 5.12. The first-order chi connectivity index (χ1) is 9.11. The van der Waals surface area contributed by atoms with Crippen molar-refractivity contribution < 1.29 is 4.79 Å². The molecule has 0 heterocycles. The van der Waals surface area contributed by atoms with Crippen molar-refractivity contribution in [2.75, 3.05) is 5.32 Å². The molecule has 0 radical (unpaired) electrons. The molecule has 19 heavy (non-hydrogen) atoms. The van der Waals surface area contributed by atoms with Crippen LogP contribution in [0.15, 0.2) is 18.2 Å². The van der Waals surface area contributed by atoms with Gasteiger partial charge in [0.2, 0.25) is 5.91 Å². The molecule has 2 aliphatic rings. The minimum absolute atomic E-state index is 0.195. The van der Waals surface area contributed by atoms with E-state index >= 15 is 0 Å². The van der Waals surface area contributed by atoms with E-state index in [9.17, 15) is 4.79 Å².